The molecule has 108 valence electrons. The van der Waals surface area contributed by atoms with Crippen LogP contribution in [0.1, 0.15) is 24.4 Å². The molecule has 0 fully saturated rings. The molecule has 0 aliphatic rings. The lowest BCUT2D eigenvalue weighted by Crippen LogP contribution is -2.18. The summed E-state index contributed by atoms with van der Waals surface area (Å²) >= 11 is 4.93. The quantitative estimate of drug-likeness (QED) is 0.834. The van der Waals surface area contributed by atoms with Gasteiger partial charge in [0.05, 0.1) is 5.69 Å². The lowest BCUT2D eigenvalue weighted by atomic mass is 10.2. The first-order chi connectivity index (χ1) is 9.47. The number of rotatable bonds is 5. The van der Waals surface area contributed by atoms with Crippen molar-refractivity contribution in [2.45, 2.75) is 27.3 Å². The molecule has 0 aliphatic heterocycles. The highest BCUT2D eigenvalue weighted by molar-refractivity contribution is 9.10. The standard InChI is InChI=1S/C15H18BrFN2S/c1-9(2)7-18-8-14-10(3)19-15(20-14)12-6-11(16)4-5-13(12)17/h4-6,9,18H,7-8H2,1-3H3. The van der Waals surface area contributed by atoms with Gasteiger partial charge >= 0.3 is 0 Å². The summed E-state index contributed by atoms with van der Waals surface area (Å²) in [5.41, 5.74) is 1.53. The molecule has 0 saturated carbocycles. The van der Waals surface area contributed by atoms with Crippen LogP contribution in [0.5, 0.6) is 0 Å². The van der Waals surface area contributed by atoms with Gasteiger partial charge in [0, 0.05) is 21.5 Å². The number of hydrogen-bond acceptors (Lipinski definition) is 3. The maximum absolute atomic E-state index is 13.9. The lowest BCUT2D eigenvalue weighted by Gasteiger charge is -2.05. The largest absolute Gasteiger partial charge is 0.312 e. The molecule has 2 aromatic rings. The third-order valence-electron chi connectivity index (χ3n) is 2.89. The summed E-state index contributed by atoms with van der Waals surface area (Å²) in [4.78, 5) is 5.66. The van der Waals surface area contributed by atoms with Crippen molar-refractivity contribution in [1.29, 1.82) is 0 Å². The van der Waals surface area contributed by atoms with Crippen LogP contribution >= 0.6 is 27.3 Å². The molecule has 20 heavy (non-hydrogen) atoms. The molecule has 0 amide bonds. The van der Waals surface area contributed by atoms with Crippen molar-refractivity contribution in [2.75, 3.05) is 6.54 Å². The number of nitrogens with zero attached hydrogens (tertiary/aromatic N) is 1. The van der Waals surface area contributed by atoms with Crippen LogP contribution < -0.4 is 5.32 Å². The number of benzene rings is 1. The first kappa shape index (κ1) is 15.6. The Morgan fingerprint density at radius 3 is 2.85 bits per heavy atom. The van der Waals surface area contributed by atoms with E-state index >= 15 is 0 Å². The number of aryl methyl sites for hydroxylation is 1. The van der Waals surface area contributed by atoms with Crippen molar-refractivity contribution in [3.8, 4) is 10.6 Å². The Morgan fingerprint density at radius 2 is 2.15 bits per heavy atom. The van der Waals surface area contributed by atoms with Crippen LogP contribution in [0.15, 0.2) is 22.7 Å². The average Bonchev–Trinajstić information content (AvgIpc) is 2.73. The maximum atomic E-state index is 13.9. The second-order valence-electron chi connectivity index (χ2n) is 5.18. The Kier molecular flexibility index (Phi) is 5.29. The second kappa shape index (κ2) is 6.78. The molecule has 0 saturated heterocycles. The number of nitrogens with one attached hydrogen (secondary N) is 1. The normalized spacial score (nSPS) is 11.3. The van der Waals surface area contributed by atoms with Crippen molar-refractivity contribution in [3.63, 3.8) is 0 Å². The van der Waals surface area contributed by atoms with Crippen molar-refractivity contribution in [2.24, 2.45) is 5.92 Å². The summed E-state index contributed by atoms with van der Waals surface area (Å²) in [6.45, 7) is 8.08. The van der Waals surface area contributed by atoms with E-state index in [9.17, 15) is 4.39 Å². The zero-order valence-electron chi connectivity index (χ0n) is 11.8. The minimum atomic E-state index is -0.233. The van der Waals surface area contributed by atoms with E-state index in [2.05, 4.69) is 40.1 Å². The van der Waals surface area contributed by atoms with Crippen LogP contribution in [-0.4, -0.2) is 11.5 Å². The van der Waals surface area contributed by atoms with Crippen LogP contribution in [0.4, 0.5) is 4.39 Å². The summed E-state index contributed by atoms with van der Waals surface area (Å²) in [5, 5.41) is 4.14. The molecule has 1 heterocycles. The Labute approximate surface area is 131 Å². The smallest absolute Gasteiger partial charge is 0.133 e. The summed E-state index contributed by atoms with van der Waals surface area (Å²) < 4.78 is 14.7. The van der Waals surface area contributed by atoms with Gasteiger partial charge in [0.25, 0.3) is 0 Å². The van der Waals surface area contributed by atoms with E-state index in [4.69, 9.17) is 0 Å². The molecule has 1 aromatic carbocycles. The van der Waals surface area contributed by atoms with E-state index in [0.29, 0.717) is 11.5 Å². The van der Waals surface area contributed by atoms with Gasteiger partial charge in [-0.1, -0.05) is 29.8 Å². The third-order valence-corrected chi connectivity index (χ3v) is 4.57. The molecule has 0 bridgehead atoms. The van der Waals surface area contributed by atoms with Gasteiger partial charge in [-0.05, 0) is 37.6 Å². The monoisotopic (exact) mass is 356 g/mol. The zero-order chi connectivity index (χ0) is 14.7. The predicted molar refractivity (Wildman–Crippen MR) is 86.5 cm³/mol. The van der Waals surface area contributed by atoms with Crippen molar-refractivity contribution < 1.29 is 4.39 Å². The Morgan fingerprint density at radius 1 is 1.40 bits per heavy atom. The van der Waals surface area contributed by atoms with Gasteiger partial charge in [0.2, 0.25) is 0 Å². The van der Waals surface area contributed by atoms with Gasteiger partial charge < -0.3 is 5.32 Å². The first-order valence-corrected chi connectivity index (χ1v) is 8.20. The number of hydrogen-bond donors (Lipinski definition) is 1. The highest BCUT2D eigenvalue weighted by Crippen LogP contribution is 2.31. The third kappa shape index (κ3) is 3.87. The molecule has 0 unspecified atom stereocenters. The summed E-state index contributed by atoms with van der Waals surface area (Å²) in [5.74, 6) is 0.383. The summed E-state index contributed by atoms with van der Waals surface area (Å²) in [7, 11) is 0. The highest BCUT2D eigenvalue weighted by atomic mass is 79.9. The van der Waals surface area contributed by atoms with Crippen LogP contribution in [0.2, 0.25) is 0 Å². The molecule has 2 nitrogen and oxygen atoms in total. The van der Waals surface area contributed by atoms with E-state index in [-0.39, 0.29) is 5.82 Å². The van der Waals surface area contributed by atoms with E-state index in [1.807, 2.05) is 6.92 Å². The fraction of sp³-hybridized carbons (Fsp3) is 0.400. The van der Waals surface area contributed by atoms with Gasteiger partial charge in [-0.15, -0.1) is 11.3 Å². The fourth-order valence-corrected chi connectivity index (χ4v) is 3.25. The SMILES string of the molecule is Cc1nc(-c2cc(Br)ccc2F)sc1CNCC(C)C. The van der Waals surface area contributed by atoms with E-state index in [1.165, 1.54) is 10.9 Å². The Hall–Kier alpha value is -0.780. The van der Waals surface area contributed by atoms with Gasteiger partial charge in [0.15, 0.2) is 0 Å². The highest BCUT2D eigenvalue weighted by Gasteiger charge is 2.13. The molecule has 5 heteroatoms. The fourth-order valence-electron chi connectivity index (χ4n) is 1.84. The molecule has 0 atom stereocenters. The van der Waals surface area contributed by atoms with E-state index in [1.54, 1.807) is 23.5 Å². The number of thiazole rings is 1. The molecular formula is C15H18BrFN2S. The topological polar surface area (TPSA) is 24.9 Å². The molecule has 1 N–H and O–H groups in total. The van der Waals surface area contributed by atoms with E-state index in [0.717, 1.165) is 28.3 Å². The van der Waals surface area contributed by atoms with E-state index < -0.39 is 0 Å². The summed E-state index contributed by atoms with van der Waals surface area (Å²) in [6.07, 6.45) is 0. The number of aromatic nitrogens is 1. The molecular weight excluding hydrogens is 339 g/mol. The lowest BCUT2D eigenvalue weighted by molar-refractivity contribution is 0.554. The minimum Gasteiger partial charge on any atom is -0.312 e. The maximum Gasteiger partial charge on any atom is 0.133 e. The van der Waals surface area contributed by atoms with Crippen LogP contribution in [0, 0.1) is 18.7 Å². The van der Waals surface area contributed by atoms with Gasteiger partial charge in [-0.25, -0.2) is 9.37 Å². The van der Waals surface area contributed by atoms with Crippen molar-refractivity contribution in [1.82, 2.24) is 10.3 Å². The van der Waals surface area contributed by atoms with Crippen LogP contribution in [0.3, 0.4) is 0 Å². The minimum absolute atomic E-state index is 0.233. The first-order valence-electron chi connectivity index (χ1n) is 6.60. The average molecular weight is 357 g/mol. The Bertz CT molecular complexity index is 596. The predicted octanol–water partition coefficient (Wildman–Crippen LogP) is 4.77. The summed E-state index contributed by atoms with van der Waals surface area (Å²) in [6, 6.07) is 4.94. The molecule has 2 rings (SSSR count). The molecule has 0 aliphatic carbocycles. The van der Waals surface area contributed by atoms with Gasteiger partial charge in [-0.2, -0.15) is 0 Å². The zero-order valence-corrected chi connectivity index (χ0v) is 14.2. The molecule has 0 radical (unpaired) electrons. The Balaban J connectivity index is 2.20. The van der Waals surface area contributed by atoms with Crippen molar-refractivity contribution >= 4 is 27.3 Å². The second-order valence-corrected chi connectivity index (χ2v) is 7.18. The van der Waals surface area contributed by atoms with Gasteiger partial charge in [-0.3, -0.25) is 0 Å². The van der Waals surface area contributed by atoms with Crippen LogP contribution in [-0.2, 0) is 6.54 Å². The number of halogens is 2. The van der Waals surface area contributed by atoms with Crippen molar-refractivity contribution in [3.05, 3.63) is 39.1 Å². The van der Waals surface area contributed by atoms with Crippen LogP contribution in [0.25, 0.3) is 10.6 Å². The van der Waals surface area contributed by atoms with Gasteiger partial charge in [0.1, 0.15) is 10.8 Å². The molecule has 1 aromatic heterocycles. The molecule has 0 spiro atoms.